The van der Waals surface area contributed by atoms with Crippen molar-refractivity contribution in [2.45, 2.75) is 38.6 Å². The molecule has 0 N–H and O–H groups in total. The number of hydrogen-bond donors (Lipinski definition) is 0. The molecule has 0 radical (unpaired) electrons. The highest BCUT2D eigenvalue weighted by molar-refractivity contribution is 6.21. The minimum absolute atomic E-state index is 0.120. The van der Waals surface area contributed by atoms with Crippen molar-refractivity contribution in [2.24, 2.45) is 0 Å². The number of nitrogens with zero attached hydrogens (tertiary/aromatic N) is 1. The number of ketones is 1. The first-order chi connectivity index (χ1) is 9.08. The summed E-state index contributed by atoms with van der Waals surface area (Å²) in [5.74, 6) is -0.189. The smallest absolute Gasteiger partial charge is 0.261 e. The minimum Gasteiger partial charge on any atom is -0.300 e. The first kappa shape index (κ1) is 12.1. The van der Waals surface area contributed by atoms with Gasteiger partial charge in [0.2, 0.25) is 0 Å². The lowest BCUT2D eigenvalue weighted by atomic mass is 9.93. The Morgan fingerprint density at radius 3 is 2.32 bits per heavy atom. The fourth-order valence-electron chi connectivity index (χ4n) is 2.89. The average Bonchev–Trinajstić information content (AvgIpc) is 2.63. The molecule has 0 aromatic heterocycles. The van der Waals surface area contributed by atoms with E-state index in [1.165, 1.54) is 4.90 Å². The summed E-state index contributed by atoms with van der Waals surface area (Å²) in [6, 6.07) is 5.21. The van der Waals surface area contributed by atoms with Crippen LogP contribution in [0.4, 0.5) is 0 Å². The Morgan fingerprint density at radius 2 is 1.63 bits per heavy atom. The second kappa shape index (κ2) is 4.30. The molecule has 0 bridgehead atoms. The van der Waals surface area contributed by atoms with E-state index in [-0.39, 0.29) is 23.6 Å². The van der Waals surface area contributed by atoms with Gasteiger partial charge in [-0.2, -0.15) is 0 Å². The Labute approximate surface area is 111 Å². The van der Waals surface area contributed by atoms with Crippen molar-refractivity contribution in [1.29, 1.82) is 0 Å². The topological polar surface area (TPSA) is 54.5 Å². The Hall–Kier alpha value is -1.97. The molecule has 1 aliphatic heterocycles. The van der Waals surface area contributed by atoms with Crippen LogP contribution in [0.2, 0.25) is 0 Å². The van der Waals surface area contributed by atoms with Gasteiger partial charge in [-0.1, -0.05) is 11.6 Å². The molecule has 1 fully saturated rings. The second-order valence-electron chi connectivity index (χ2n) is 5.30. The Bertz CT molecular complexity index is 581. The van der Waals surface area contributed by atoms with E-state index in [1.54, 1.807) is 12.1 Å². The van der Waals surface area contributed by atoms with Gasteiger partial charge in [0.25, 0.3) is 11.8 Å². The van der Waals surface area contributed by atoms with Crippen molar-refractivity contribution in [3.8, 4) is 0 Å². The molecule has 2 aliphatic rings. The van der Waals surface area contributed by atoms with E-state index in [9.17, 15) is 14.4 Å². The van der Waals surface area contributed by atoms with Crippen LogP contribution < -0.4 is 0 Å². The Morgan fingerprint density at radius 1 is 1.00 bits per heavy atom. The van der Waals surface area contributed by atoms with Crippen molar-refractivity contribution in [1.82, 2.24) is 4.90 Å². The van der Waals surface area contributed by atoms with Gasteiger partial charge in [0.1, 0.15) is 5.78 Å². The van der Waals surface area contributed by atoms with Crippen LogP contribution in [0.15, 0.2) is 18.2 Å². The van der Waals surface area contributed by atoms with Gasteiger partial charge in [0.05, 0.1) is 11.1 Å². The molecular weight excluding hydrogens is 242 g/mol. The first-order valence-electron chi connectivity index (χ1n) is 6.58. The predicted molar refractivity (Wildman–Crippen MR) is 68.9 cm³/mol. The molecule has 0 saturated heterocycles. The number of imide groups is 1. The molecule has 1 heterocycles. The normalized spacial score (nSPS) is 20.1. The molecule has 4 nitrogen and oxygen atoms in total. The number of Topliss-reactive ketones (excluding diaryl/α,β-unsaturated/α-hetero) is 1. The van der Waals surface area contributed by atoms with Crippen molar-refractivity contribution < 1.29 is 14.4 Å². The number of carbonyl (C=O) groups is 3. The molecule has 0 spiro atoms. The Kier molecular flexibility index (Phi) is 2.73. The third-order valence-electron chi connectivity index (χ3n) is 3.95. The summed E-state index contributed by atoms with van der Waals surface area (Å²) >= 11 is 0. The van der Waals surface area contributed by atoms with Gasteiger partial charge < -0.3 is 0 Å². The zero-order valence-corrected chi connectivity index (χ0v) is 10.8. The number of aryl methyl sites for hydroxylation is 1. The van der Waals surface area contributed by atoms with Crippen LogP contribution >= 0.6 is 0 Å². The monoisotopic (exact) mass is 257 g/mol. The van der Waals surface area contributed by atoms with Gasteiger partial charge in [0, 0.05) is 18.9 Å². The minimum atomic E-state index is -0.209. The summed E-state index contributed by atoms with van der Waals surface area (Å²) in [5.41, 5.74) is 1.97. The van der Waals surface area contributed by atoms with E-state index >= 15 is 0 Å². The SMILES string of the molecule is Cc1ccc2c(c1)C(=O)N(C1CCC(=O)CC1)C2=O. The summed E-state index contributed by atoms with van der Waals surface area (Å²) in [4.78, 5) is 37.3. The number of benzene rings is 1. The molecule has 3 rings (SSSR count). The molecule has 1 saturated carbocycles. The van der Waals surface area contributed by atoms with Gasteiger partial charge in [-0.05, 0) is 31.9 Å². The molecule has 0 atom stereocenters. The molecule has 0 unspecified atom stereocenters. The summed E-state index contributed by atoms with van der Waals surface area (Å²) in [5, 5.41) is 0. The summed E-state index contributed by atoms with van der Waals surface area (Å²) in [6.07, 6.45) is 2.14. The van der Waals surface area contributed by atoms with Crippen LogP contribution in [0, 0.1) is 6.92 Å². The lowest BCUT2D eigenvalue weighted by molar-refractivity contribution is -0.121. The van der Waals surface area contributed by atoms with Gasteiger partial charge >= 0.3 is 0 Å². The molecular formula is C15H15NO3. The fraction of sp³-hybridized carbons (Fsp3) is 0.400. The zero-order chi connectivity index (χ0) is 13.6. The molecule has 19 heavy (non-hydrogen) atoms. The second-order valence-corrected chi connectivity index (χ2v) is 5.30. The number of hydrogen-bond acceptors (Lipinski definition) is 3. The van der Waals surface area contributed by atoms with Crippen molar-refractivity contribution in [3.05, 3.63) is 34.9 Å². The van der Waals surface area contributed by atoms with Crippen LogP contribution in [0.3, 0.4) is 0 Å². The summed E-state index contributed by atoms with van der Waals surface area (Å²) < 4.78 is 0. The van der Waals surface area contributed by atoms with Crippen molar-refractivity contribution in [3.63, 3.8) is 0 Å². The van der Waals surface area contributed by atoms with Crippen LogP contribution in [-0.2, 0) is 4.79 Å². The highest BCUT2D eigenvalue weighted by atomic mass is 16.2. The third-order valence-corrected chi connectivity index (χ3v) is 3.95. The lowest BCUT2D eigenvalue weighted by Gasteiger charge is -2.28. The quantitative estimate of drug-likeness (QED) is 0.724. The standard InChI is InChI=1S/C15H15NO3/c1-9-2-7-12-13(8-9)15(19)16(14(12)18)10-3-5-11(17)6-4-10/h2,7-8,10H,3-6H2,1H3. The van der Waals surface area contributed by atoms with Gasteiger partial charge in [-0.15, -0.1) is 0 Å². The first-order valence-corrected chi connectivity index (χ1v) is 6.58. The van der Waals surface area contributed by atoms with E-state index in [0.717, 1.165) is 5.56 Å². The van der Waals surface area contributed by atoms with E-state index < -0.39 is 0 Å². The third kappa shape index (κ3) is 1.87. The average molecular weight is 257 g/mol. The number of amides is 2. The highest BCUT2D eigenvalue weighted by Crippen LogP contribution is 2.30. The molecule has 1 aliphatic carbocycles. The highest BCUT2D eigenvalue weighted by Gasteiger charge is 2.40. The van der Waals surface area contributed by atoms with Crippen LogP contribution in [0.25, 0.3) is 0 Å². The summed E-state index contributed by atoms with van der Waals surface area (Å²) in [7, 11) is 0. The molecule has 1 aromatic carbocycles. The van der Waals surface area contributed by atoms with Crippen LogP contribution in [0.5, 0.6) is 0 Å². The van der Waals surface area contributed by atoms with Crippen LogP contribution in [-0.4, -0.2) is 28.5 Å². The van der Waals surface area contributed by atoms with E-state index in [2.05, 4.69) is 0 Å². The fourth-order valence-corrected chi connectivity index (χ4v) is 2.89. The zero-order valence-electron chi connectivity index (χ0n) is 10.8. The Balaban J connectivity index is 1.92. The maximum atomic E-state index is 12.4. The van der Waals surface area contributed by atoms with Gasteiger partial charge in [-0.3, -0.25) is 19.3 Å². The van der Waals surface area contributed by atoms with Crippen molar-refractivity contribution in [2.75, 3.05) is 0 Å². The molecule has 1 aromatic rings. The summed E-state index contributed by atoms with van der Waals surface area (Å²) in [6.45, 7) is 1.90. The molecule has 4 heteroatoms. The number of carbonyl (C=O) groups excluding carboxylic acids is 3. The lowest BCUT2D eigenvalue weighted by Crippen LogP contribution is -2.42. The largest absolute Gasteiger partial charge is 0.300 e. The van der Waals surface area contributed by atoms with Crippen molar-refractivity contribution >= 4 is 17.6 Å². The maximum Gasteiger partial charge on any atom is 0.261 e. The van der Waals surface area contributed by atoms with E-state index in [1.807, 2.05) is 13.0 Å². The van der Waals surface area contributed by atoms with E-state index in [0.29, 0.717) is 36.8 Å². The maximum absolute atomic E-state index is 12.4. The predicted octanol–water partition coefficient (Wildman–Crippen LogP) is 2.10. The number of fused-ring (bicyclic) bond motifs is 1. The number of rotatable bonds is 1. The van der Waals surface area contributed by atoms with Gasteiger partial charge in [-0.25, -0.2) is 0 Å². The molecule has 98 valence electrons. The van der Waals surface area contributed by atoms with Crippen LogP contribution in [0.1, 0.15) is 52.0 Å². The molecule has 2 amide bonds. The van der Waals surface area contributed by atoms with E-state index in [4.69, 9.17) is 0 Å². The van der Waals surface area contributed by atoms with Gasteiger partial charge in [0.15, 0.2) is 0 Å².